The zero-order chi connectivity index (χ0) is 17.6. The van der Waals surface area contributed by atoms with E-state index in [2.05, 4.69) is 63.7 Å². The highest BCUT2D eigenvalue weighted by atomic mass is 79.9. The summed E-state index contributed by atoms with van der Waals surface area (Å²) in [7, 11) is 1.43. The molecular formula is C21H20BrNO2. The minimum absolute atomic E-state index is 0.229. The molecule has 1 aliphatic carbocycles. The number of allylic oxidation sites excluding steroid dienone is 2. The Kier molecular flexibility index (Phi) is 4.16. The Labute approximate surface area is 156 Å². The van der Waals surface area contributed by atoms with E-state index in [1.165, 1.54) is 18.2 Å². The van der Waals surface area contributed by atoms with Crippen LogP contribution < -0.4 is 5.32 Å². The fourth-order valence-corrected chi connectivity index (χ4v) is 4.41. The Hall–Kier alpha value is -2.07. The van der Waals surface area contributed by atoms with Crippen LogP contribution in [0.5, 0.6) is 0 Å². The number of esters is 1. The lowest BCUT2D eigenvalue weighted by Crippen LogP contribution is -2.30. The van der Waals surface area contributed by atoms with Gasteiger partial charge in [0.1, 0.15) is 0 Å². The van der Waals surface area contributed by atoms with Gasteiger partial charge < -0.3 is 10.1 Å². The highest BCUT2D eigenvalue weighted by Gasteiger charge is 2.38. The van der Waals surface area contributed by atoms with Crippen molar-refractivity contribution in [3.63, 3.8) is 0 Å². The summed E-state index contributed by atoms with van der Waals surface area (Å²) < 4.78 is 6.01. The Bertz CT molecular complexity index is 857. The number of nitrogens with one attached hydrogen (secondary N) is 1. The van der Waals surface area contributed by atoms with E-state index in [0.29, 0.717) is 17.4 Å². The maximum Gasteiger partial charge on any atom is 0.338 e. The molecule has 3 nitrogen and oxygen atoms in total. The summed E-state index contributed by atoms with van der Waals surface area (Å²) in [5, 5.41) is 3.73. The number of halogens is 1. The van der Waals surface area contributed by atoms with Gasteiger partial charge >= 0.3 is 5.97 Å². The van der Waals surface area contributed by atoms with Crippen molar-refractivity contribution in [3.8, 4) is 0 Å². The van der Waals surface area contributed by atoms with Crippen molar-refractivity contribution in [1.82, 2.24) is 0 Å². The lowest BCUT2D eigenvalue weighted by molar-refractivity contribution is 0.0600. The SMILES string of the molecule is COC(=O)c1ccc2c(c1C)N[C@H](c1ccc(Br)cc1)C1CC=CC21. The maximum atomic E-state index is 12.1. The summed E-state index contributed by atoms with van der Waals surface area (Å²) in [6.07, 6.45) is 5.66. The van der Waals surface area contributed by atoms with Crippen molar-refractivity contribution in [3.05, 3.63) is 75.3 Å². The quantitative estimate of drug-likeness (QED) is 0.546. The summed E-state index contributed by atoms with van der Waals surface area (Å²) in [6, 6.07) is 12.7. The van der Waals surface area contributed by atoms with E-state index in [0.717, 1.165) is 22.1 Å². The van der Waals surface area contributed by atoms with E-state index in [-0.39, 0.29) is 12.0 Å². The van der Waals surface area contributed by atoms with Crippen molar-refractivity contribution >= 4 is 27.6 Å². The molecule has 1 heterocycles. The molecule has 2 unspecified atom stereocenters. The summed E-state index contributed by atoms with van der Waals surface area (Å²) in [5.41, 5.74) is 5.21. The van der Waals surface area contributed by atoms with Crippen molar-refractivity contribution in [2.45, 2.75) is 25.3 Å². The van der Waals surface area contributed by atoms with Crippen LogP contribution in [-0.4, -0.2) is 13.1 Å². The number of ether oxygens (including phenoxy) is 1. The van der Waals surface area contributed by atoms with Crippen LogP contribution in [0.1, 0.15) is 45.4 Å². The molecule has 0 saturated heterocycles. The average Bonchev–Trinajstić information content (AvgIpc) is 3.12. The third-order valence-corrected chi connectivity index (χ3v) is 5.96. The Balaban J connectivity index is 1.81. The smallest absolute Gasteiger partial charge is 0.338 e. The number of carbonyl (C=O) groups excluding carboxylic acids is 1. The molecule has 2 aromatic carbocycles. The first-order valence-electron chi connectivity index (χ1n) is 8.50. The van der Waals surface area contributed by atoms with E-state index >= 15 is 0 Å². The van der Waals surface area contributed by atoms with Gasteiger partial charge in [0.25, 0.3) is 0 Å². The zero-order valence-electron chi connectivity index (χ0n) is 14.3. The molecule has 0 amide bonds. The van der Waals surface area contributed by atoms with E-state index in [1.807, 2.05) is 13.0 Å². The summed E-state index contributed by atoms with van der Waals surface area (Å²) in [4.78, 5) is 12.1. The van der Waals surface area contributed by atoms with Crippen LogP contribution in [0.2, 0.25) is 0 Å². The molecule has 4 heteroatoms. The number of methoxy groups -OCH3 is 1. The highest BCUT2D eigenvalue weighted by molar-refractivity contribution is 9.10. The van der Waals surface area contributed by atoms with Gasteiger partial charge in [-0.25, -0.2) is 4.79 Å². The van der Waals surface area contributed by atoms with Crippen molar-refractivity contribution in [2.75, 3.05) is 12.4 Å². The lowest BCUT2D eigenvalue weighted by atomic mass is 9.76. The third-order valence-electron chi connectivity index (χ3n) is 5.43. The Morgan fingerprint density at radius 1 is 1.20 bits per heavy atom. The molecule has 2 aromatic rings. The van der Waals surface area contributed by atoms with Gasteiger partial charge in [-0.2, -0.15) is 0 Å². The van der Waals surface area contributed by atoms with Crippen LogP contribution in [0, 0.1) is 12.8 Å². The topological polar surface area (TPSA) is 38.3 Å². The fraction of sp³-hybridized carbons (Fsp3) is 0.286. The van der Waals surface area contributed by atoms with Gasteiger partial charge in [-0.3, -0.25) is 0 Å². The fourth-order valence-electron chi connectivity index (χ4n) is 4.15. The molecule has 0 aromatic heterocycles. The van der Waals surface area contributed by atoms with Crippen molar-refractivity contribution in [1.29, 1.82) is 0 Å². The summed E-state index contributed by atoms with van der Waals surface area (Å²) >= 11 is 3.51. The van der Waals surface area contributed by atoms with Gasteiger partial charge in [-0.15, -0.1) is 0 Å². The van der Waals surface area contributed by atoms with Crippen LogP contribution in [-0.2, 0) is 4.74 Å². The van der Waals surface area contributed by atoms with Gasteiger partial charge in [-0.1, -0.05) is 46.3 Å². The van der Waals surface area contributed by atoms with Crippen LogP contribution >= 0.6 is 15.9 Å². The van der Waals surface area contributed by atoms with Crippen molar-refractivity contribution < 1.29 is 9.53 Å². The first-order chi connectivity index (χ1) is 12.1. The van der Waals surface area contributed by atoms with Crippen LogP contribution in [0.4, 0.5) is 5.69 Å². The highest BCUT2D eigenvalue weighted by Crippen LogP contribution is 2.51. The molecule has 1 aliphatic heterocycles. The number of anilines is 1. The van der Waals surface area contributed by atoms with E-state index in [1.54, 1.807) is 0 Å². The standard InChI is InChI=1S/C21H20BrNO2/c1-12-15(21(24)25-2)10-11-18-16-4-3-5-17(16)20(23-19(12)18)13-6-8-14(22)9-7-13/h3-4,6-11,16-17,20,23H,5H2,1-2H3/t16?,17?,20-/m1/s1. The van der Waals surface area contributed by atoms with E-state index < -0.39 is 0 Å². The zero-order valence-corrected chi connectivity index (χ0v) is 15.8. The van der Waals surface area contributed by atoms with Crippen LogP contribution in [0.15, 0.2) is 53.0 Å². The predicted octanol–water partition coefficient (Wildman–Crippen LogP) is 5.37. The second-order valence-corrected chi connectivity index (χ2v) is 7.64. The molecule has 0 fully saturated rings. The van der Waals surface area contributed by atoms with Crippen molar-refractivity contribution in [2.24, 2.45) is 5.92 Å². The number of rotatable bonds is 2. The maximum absolute atomic E-state index is 12.1. The first-order valence-corrected chi connectivity index (χ1v) is 9.30. The average molecular weight is 398 g/mol. The minimum Gasteiger partial charge on any atom is -0.465 e. The molecular weight excluding hydrogens is 378 g/mol. The van der Waals surface area contributed by atoms with Crippen LogP contribution in [0.3, 0.4) is 0 Å². The molecule has 0 radical (unpaired) electrons. The molecule has 0 spiro atoms. The van der Waals surface area contributed by atoms with Gasteiger partial charge in [0.05, 0.1) is 18.7 Å². The van der Waals surface area contributed by atoms with Gasteiger partial charge in [0.2, 0.25) is 0 Å². The first kappa shape index (κ1) is 16.4. The third kappa shape index (κ3) is 2.69. The van der Waals surface area contributed by atoms with Gasteiger partial charge in [-0.05, 0) is 54.2 Å². The molecule has 2 aliphatic rings. The number of hydrogen-bond acceptors (Lipinski definition) is 3. The Morgan fingerprint density at radius 3 is 2.68 bits per heavy atom. The minimum atomic E-state index is -0.286. The second kappa shape index (κ2) is 6.34. The summed E-state index contributed by atoms with van der Waals surface area (Å²) in [6.45, 7) is 2.00. The normalized spacial score (nSPS) is 23.6. The lowest BCUT2D eigenvalue weighted by Gasteiger charge is -2.38. The van der Waals surface area contributed by atoms with E-state index in [9.17, 15) is 4.79 Å². The molecule has 25 heavy (non-hydrogen) atoms. The molecule has 3 atom stereocenters. The molecule has 0 saturated carbocycles. The largest absolute Gasteiger partial charge is 0.465 e. The number of carbonyl (C=O) groups is 1. The second-order valence-electron chi connectivity index (χ2n) is 6.72. The number of benzene rings is 2. The number of fused-ring (bicyclic) bond motifs is 3. The number of hydrogen-bond donors (Lipinski definition) is 1. The van der Waals surface area contributed by atoms with Crippen LogP contribution in [0.25, 0.3) is 0 Å². The monoisotopic (exact) mass is 397 g/mol. The van der Waals surface area contributed by atoms with Gasteiger partial charge in [0, 0.05) is 16.1 Å². The van der Waals surface area contributed by atoms with Gasteiger partial charge in [0.15, 0.2) is 0 Å². The summed E-state index contributed by atoms with van der Waals surface area (Å²) in [5.74, 6) is 0.596. The predicted molar refractivity (Wildman–Crippen MR) is 103 cm³/mol. The molecule has 128 valence electrons. The molecule has 4 rings (SSSR count). The molecule has 1 N–H and O–H groups in total. The Morgan fingerprint density at radius 2 is 1.96 bits per heavy atom. The molecule has 0 bridgehead atoms. The van der Waals surface area contributed by atoms with E-state index in [4.69, 9.17) is 4.74 Å².